The van der Waals surface area contributed by atoms with Crippen LogP contribution in [0.2, 0.25) is 5.02 Å². The van der Waals surface area contributed by atoms with Crippen molar-refractivity contribution < 1.29 is 28.7 Å². The van der Waals surface area contributed by atoms with E-state index in [9.17, 15) is 19.2 Å². The highest BCUT2D eigenvalue weighted by Gasteiger charge is 2.36. The first-order valence-corrected chi connectivity index (χ1v) is 13.0. The first-order valence-electron chi connectivity index (χ1n) is 10.7. The molecule has 1 saturated heterocycles. The number of methoxy groups -OCH3 is 1. The van der Waals surface area contributed by atoms with Crippen molar-refractivity contribution in [1.82, 2.24) is 4.90 Å². The van der Waals surface area contributed by atoms with Gasteiger partial charge in [0.25, 0.3) is 11.1 Å². The van der Waals surface area contributed by atoms with Crippen LogP contribution in [0, 0.1) is 3.57 Å². The smallest absolute Gasteiger partial charge is 0.343 e. The summed E-state index contributed by atoms with van der Waals surface area (Å²) in [5.74, 6) is -1.22. The Morgan fingerprint density at radius 1 is 1.03 bits per heavy atom. The molecule has 188 valence electrons. The maximum Gasteiger partial charge on any atom is 0.343 e. The fourth-order valence-electron chi connectivity index (χ4n) is 3.27. The number of carbonyl (C=O) groups is 4. The van der Waals surface area contributed by atoms with Gasteiger partial charge in [0, 0.05) is 14.3 Å². The summed E-state index contributed by atoms with van der Waals surface area (Å²) in [6, 6.07) is 18.1. The SMILES string of the molecule is COc1cc(/C=C2\SC(=O)N(CC(=O)Nc3ccc(I)cc3)C2=O)ccc1OC(=O)c1ccc(Cl)cc1. The molecule has 11 heteroatoms. The third-order valence-electron chi connectivity index (χ3n) is 5.07. The number of halogens is 2. The van der Waals surface area contributed by atoms with Gasteiger partial charge in [0.15, 0.2) is 11.5 Å². The normalized spacial score (nSPS) is 14.1. The number of hydrogen-bond acceptors (Lipinski definition) is 7. The first-order chi connectivity index (χ1) is 17.7. The number of nitrogens with one attached hydrogen (secondary N) is 1. The Kier molecular flexibility index (Phi) is 8.52. The van der Waals surface area contributed by atoms with Gasteiger partial charge in [-0.25, -0.2) is 4.79 Å². The van der Waals surface area contributed by atoms with Crippen molar-refractivity contribution in [2.45, 2.75) is 0 Å². The van der Waals surface area contributed by atoms with E-state index >= 15 is 0 Å². The van der Waals surface area contributed by atoms with E-state index in [-0.39, 0.29) is 16.4 Å². The number of carbonyl (C=O) groups excluding carboxylic acids is 4. The number of hydrogen-bond donors (Lipinski definition) is 1. The first kappa shape index (κ1) is 26.7. The Morgan fingerprint density at radius 3 is 2.41 bits per heavy atom. The van der Waals surface area contributed by atoms with Gasteiger partial charge in [-0.15, -0.1) is 0 Å². The van der Waals surface area contributed by atoms with Gasteiger partial charge < -0.3 is 14.8 Å². The molecule has 1 fully saturated rings. The summed E-state index contributed by atoms with van der Waals surface area (Å²) < 4.78 is 11.8. The summed E-state index contributed by atoms with van der Waals surface area (Å²) in [5.41, 5.74) is 1.42. The van der Waals surface area contributed by atoms with Crippen LogP contribution >= 0.6 is 46.0 Å². The number of ether oxygens (including phenoxy) is 2. The lowest BCUT2D eigenvalue weighted by molar-refractivity contribution is -0.127. The quantitative estimate of drug-likeness (QED) is 0.149. The average molecular weight is 649 g/mol. The molecule has 1 aliphatic rings. The van der Waals surface area contributed by atoms with E-state index in [0.29, 0.717) is 21.8 Å². The molecule has 0 atom stereocenters. The number of amides is 3. The molecule has 1 N–H and O–H groups in total. The van der Waals surface area contributed by atoms with Gasteiger partial charge in [-0.3, -0.25) is 19.3 Å². The van der Waals surface area contributed by atoms with Crippen LogP contribution < -0.4 is 14.8 Å². The van der Waals surface area contributed by atoms with Gasteiger partial charge in [-0.2, -0.15) is 0 Å². The van der Waals surface area contributed by atoms with Crippen LogP contribution in [0.3, 0.4) is 0 Å². The largest absolute Gasteiger partial charge is 0.493 e. The van der Waals surface area contributed by atoms with Gasteiger partial charge in [-0.05, 0) is 107 Å². The van der Waals surface area contributed by atoms with Crippen LogP contribution in [-0.2, 0) is 9.59 Å². The minimum Gasteiger partial charge on any atom is -0.493 e. The second kappa shape index (κ2) is 11.8. The van der Waals surface area contributed by atoms with Gasteiger partial charge in [0.05, 0.1) is 17.6 Å². The van der Waals surface area contributed by atoms with E-state index in [1.54, 1.807) is 48.5 Å². The number of esters is 1. The highest BCUT2D eigenvalue weighted by molar-refractivity contribution is 14.1. The Hall–Kier alpha value is -3.35. The molecule has 1 aliphatic heterocycles. The van der Waals surface area contributed by atoms with Crippen LogP contribution in [0.4, 0.5) is 10.5 Å². The Labute approximate surface area is 235 Å². The summed E-state index contributed by atoms with van der Waals surface area (Å²) in [5, 5.41) is 2.62. The molecule has 0 unspecified atom stereocenters. The van der Waals surface area contributed by atoms with Crippen molar-refractivity contribution in [3.8, 4) is 11.5 Å². The number of nitrogens with zero attached hydrogens (tertiary/aromatic N) is 1. The summed E-state index contributed by atoms with van der Waals surface area (Å²) in [6.07, 6.45) is 1.51. The molecule has 4 rings (SSSR count). The molecule has 0 radical (unpaired) electrons. The van der Waals surface area contributed by atoms with E-state index < -0.39 is 29.6 Å². The fourth-order valence-corrected chi connectivity index (χ4v) is 4.59. The van der Waals surface area contributed by atoms with Crippen LogP contribution in [0.15, 0.2) is 71.6 Å². The third kappa shape index (κ3) is 6.70. The lowest BCUT2D eigenvalue weighted by atomic mass is 10.1. The molecule has 0 saturated carbocycles. The highest BCUT2D eigenvalue weighted by atomic mass is 127. The number of thioether (sulfide) groups is 1. The monoisotopic (exact) mass is 648 g/mol. The molecule has 0 aromatic heterocycles. The van der Waals surface area contributed by atoms with E-state index in [2.05, 4.69) is 27.9 Å². The summed E-state index contributed by atoms with van der Waals surface area (Å²) >= 11 is 8.74. The van der Waals surface area contributed by atoms with Crippen molar-refractivity contribution >= 4 is 80.7 Å². The minimum absolute atomic E-state index is 0.153. The predicted molar refractivity (Wildman–Crippen MR) is 150 cm³/mol. The maximum atomic E-state index is 12.8. The topological polar surface area (TPSA) is 102 Å². The summed E-state index contributed by atoms with van der Waals surface area (Å²) in [6.45, 7) is -0.406. The zero-order chi connectivity index (χ0) is 26.5. The van der Waals surface area contributed by atoms with Gasteiger partial charge in [-0.1, -0.05) is 17.7 Å². The fraction of sp³-hybridized carbons (Fsp3) is 0.0769. The lowest BCUT2D eigenvalue weighted by Gasteiger charge is -2.12. The van der Waals surface area contributed by atoms with Crippen molar-refractivity contribution in [3.05, 3.63) is 91.4 Å². The van der Waals surface area contributed by atoms with Gasteiger partial charge >= 0.3 is 5.97 Å². The van der Waals surface area contributed by atoms with Crippen molar-refractivity contribution in [1.29, 1.82) is 0 Å². The summed E-state index contributed by atoms with van der Waals surface area (Å²) in [7, 11) is 1.42. The van der Waals surface area contributed by atoms with E-state index in [1.165, 1.54) is 19.3 Å². The van der Waals surface area contributed by atoms with E-state index in [1.807, 2.05) is 12.1 Å². The number of benzene rings is 3. The zero-order valence-corrected chi connectivity index (χ0v) is 22.9. The molecule has 3 aromatic carbocycles. The number of rotatable bonds is 7. The molecular weight excluding hydrogens is 631 g/mol. The van der Waals surface area contributed by atoms with Crippen molar-refractivity contribution in [2.24, 2.45) is 0 Å². The molecule has 0 bridgehead atoms. The zero-order valence-electron chi connectivity index (χ0n) is 19.2. The van der Waals surface area contributed by atoms with Crippen LogP contribution in [0.1, 0.15) is 15.9 Å². The number of imide groups is 1. The Morgan fingerprint density at radius 2 is 1.73 bits per heavy atom. The minimum atomic E-state index is -0.590. The average Bonchev–Trinajstić information content (AvgIpc) is 3.13. The molecule has 8 nitrogen and oxygen atoms in total. The molecule has 3 amide bonds. The third-order valence-corrected chi connectivity index (χ3v) is 6.95. The number of anilines is 1. The Bertz CT molecular complexity index is 1410. The second-order valence-electron chi connectivity index (χ2n) is 7.63. The maximum absolute atomic E-state index is 12.8. The van der Waals surface area contributed by atoms with Gasteiger partial charge in [0.1, 0.15) is 6.54 Å². The summed E-state index contributed by atoms with van der Waals surface area (Å²) in [4.78, 5) is 51.1. The van der Waals surface area contributed by atoms with Crippen LogP contribution in [0.5, 0.6) is 11.5 Å². The molecule has 1 heterocycles. The van der Waals surface area contributed by atoms with Gasteiger partial charge in [0.2, 0.25) is 5.91 Å². The van der Waals surface area contributed by atoms with Crippen LogP contribution in [-0.4, -0.2) is 41.6 Å². The second-order valence-corrected chi connectivity index (χ2v) is 10.3. The molecular formula is C26H18ClIN2O6S. The standard InChI is InChI=1S/C26H18ClIN2O6S/c1-35-21-12-15(2-11-20(21)36-25(33)16-3-5-17(27)6-4-16)13-22-24(32)30(26(34)37-22)14-23(31)29-19-9-7-18(28)8-10-19/h2-13H,14H2,1H3,(H,29,31)/b22-13-. The Balaban J connectivity index is 1.44. The lowest BCUT2D eigenvalue weighted by Crippen LogP contribution is -2.36. The molecule has 0 aliphatic carbocycles. The van der Waals surface area contributed by atoms with E-state index in [4.69, 9.17) is 21.1 Å². The van der Waals surface area contributed by atoms with E-state index in [0.717, 1.165) is 20.2 Å². The van der Waals surface area contributed by atoms with Crippen molar-refractivity contribution in [2.75, 3.05) is 19.0 Å². The van der Waals surface area contributed by atoms with Crippen LogP contribution in [0.25, 0.3) is 6.08 Å². The molecule has 37 heavy (non-hydrogen) atoms. The molecule has 0 spiro atoms. The highest BCUT2D eigenvalue weighted by Crippen LogP contribution is 2.35. The molecule has 3 aromatic rings. The predicted octanol–water partition coefficient (Wildman–Crippen LogP) is 5.85. The van der Waals surface area contributed by atoms with Crippen molar-refractivity contribution in [3.63, 3.8) is 0 Å².